The van der Waals surface area contributed by atoms with E-state index in [-0.39, 0.29) is 18.9 Å². The van der Waals surface area contributed by atoms with Gasteiger partial charge in [-0.15, -0.1) is 0 Å². The van der Waals surface area contributed by atoms with Crippen molar-refractivity contribution >= 4 is 0 Å². The van der Waals surface area contributed by atoms with Gasteiger partial charge in [0.15, 0.2) is 0 Å². The number of methoxy groups -OCH3 is 1. The van der Waals surface area contributed by atoms with E-state index in [0.29, 0.717) is 5.56 Å². The average molecular weight is 244 g/mol. The molecule has 1 atom stereocenters. The number of rotatable bonds is 5. The molecule has 0 aromatic heterocycles. The Labute approximate surface area is 100 Å². The van der Waals surface area contributed by atoms with E-state index in [9.17, 15) is 13.9 Å². The summed E-state index contributed by atoms with van der Waals surface area (Å²) in [6.07, 6.45) is 0.102. The quantitative estimate of drug-likeness (QED) is 0.862. The van der Waals surface area contributed by atoms with E-state index < -0.39 is 17.2 Å². The minimum atomic E-state index is -1.15. The van der Waals surface area contributed by atoms with Crippen LogP contribution in [-0.4, -0.2) is 24.4 Å². The van der Waals surface area contributed by atoms with Crippen LogP contribution < -0.4 is 0 Å². The zero-order valence-corrected chi connectivity index (χ0v) is 10.3. The van der Waals surface area contributed by atoms with Gasteiger partial charge >= 0.3 is 0 Å². The van der Waals surface area contributed by atoms with Crippen LogP contribution in [0, 0.1) is 17.6 Å². The Balaban J connectivity index is 2.93. The van der Waals surface area contributed by atoms with Gasteiger partial charge in [-0.25, -0.2) is 8.78 Å². The van der Waals surface area contributed by atoms with Gasteiger partial charge < -0.3 is 9.84 Å². The first kappa shape index (κ1) is 14.1. The highest BCUT2D eigenvalue weighted by molar-refractivity contribution is 5.20. The summed E-state index contributed by atoms with van der Waals surface area (Å²) in [5, 5.41) is 10.4. The van der Waals surface area contributed by atoms with E-state index >= 15 is 0 Å². The molecule has 1 rings (SSSR count). The Morgan fingerprint density at radius 3 is 2.47 bits per heavy atom. The maximum absolute atomic E-state index is 13.5. The van der Waals surface area contributed by atoms with Crippen molar-refractivity contribution in [2.24, 2.45) is 5.92 Å². The van der Waals surface area contributed by atoms with Gasteiger partial charge in [-0.05, 0) is 17.5 Å². The molecule has 0 radical (unpaired) electrons. The third kappa shape index (κ3) is 3.48. The van der Waals surface area contributed by atoms with Gasteiger partial charge in [-0.1, -0.05) is 19.9 Å². The second-order valence-corrected chi connectivity index (χ2v) is 4.60. The van der Waals surface area contributed by atoms with Crippen LogP contribution in [0.4, 0.5) is 8.78 Å². The van der Waals surface area contributed by atoms with Crippen LogP contribution in [0.2, 0.25) is 0 Å². The third-order valence-electron chi connectivity index (χ3n) is 2.98. The lowest BCUT2D eigenvalue weighted by Crippen LogP contribution is -2.42. The van der Waals surface area contributed by atoms with Crippen LogP contribution in [0.25, 0.3) is 0 Å². The predicted octanol–water partition coefficient (Wildman–Crippen LogP) is 2.54. The van der Waals surface area contributed by atoms with Gasteiger partial charge in [0.2, 0.25) is 0 Å². The molecular weight excluding hydrogens is 226 g/mol. The molecule has 0 heterocycles. The van der Waals surface area contributed by atoms with Crippen molar-refractivity contribution in [2.75, 3.05) is 13.7 Å². The van der Waals surface area contributed by atoms with Gasteiger partial charge in [-0.3, -0.25) is 0 Å². The maximum Gasteiger partial charge on any atom is 0.129 e. The van der Waals surface area contributed by atoms with Gasteiger partial charge in [-0.2, -0.15) is 0 Å². The number of aliphatic hydroxyl groups is 1. The summed E-state index contributed by atoms with van der Waals surface area (Å²) < 4.78 is 31.2. The van der Waals surface area contributed by atoms with Crippen LogP contribution in [0.5, 0.6) is 0 Å². The highest BCUT2D eigenvalue weighted by atomic mass is 19.1. The SMILES string of the molecule is COCC(O)(Cc1ccc(F)cc1F)C(C)C. The van der Waals surface area contributed by atoms with Crippen molar-refractivity contribution in [1.29, 1.82) is 0 Å². The fraction of sp³-hybridized carbons (Fsp3) is 0.538. The molecule has 96 valence electrons. The third-order valence-corrected chi connectivity index (χ3v) is 2.98. The van der Waals surface area contributed by atoms with Gasteiger partial charge in [0.25, 0.3) is 0 Å². The fourth-order valence-electron chi connectivity index (χ4n) is 1.67. The molecule has 0 amide bonds. The van der Waals surface area contributed by atoms with E-state index in [0.717, 1.165) is 6.07 Å². The molecular formula is C13H18F2O2. The largest absolute Gasteiger partial charge is 0.387 e. The zero-order valence-electron chi connectivity index (χ0n) is 10.3. The molecule has 0 aliphatic carbocycles. The lowest BCUT2D eigenvalue weighted by molar-refractivity contribution is -0.0641. The Hall–Kier alpha value is -1.00. The first-order valence-corrected chi connectivity index (χ1v) is 5.54. The Kier molecular flexibility index (Phi) is 4.60. The number of halogens is 2. The Morgan fingerprint density at radius 1 is 1.35 bits per heavy atom. The standard InChI is InChI=1S/C13H18F2O2/c1-9(2)13(16,8-17-3)7-10-4-5-11(14)6-12(10)15/h4-6,9,16H,7-8H2,1-3H3. The van der Waals surface area contributed by atoms with E-state index in [1.165, 1.54) is 19.2 Å². The van der Waals surface area contributed by atoms with Gasteiger partial charge in [0.05, 0.1) is 12.2 Å². The smallest absolute Gasteiger partial charge is 0.129 e. The first-order chi connectivity index (χ1) is 7.89. The van der Waals surface area contributed by atoms with Crippen molar-refractivity contribution in [3.8, 4) is 0 Å². The molecule has 1 aromatic rings. The van der Waals surface area contributed by atoms with Gasteiger partial charge in [0, 0.05) is 19.6 Å². The summed E-state index contributed by atoms with van der Waals surface area (Å²) in [4.78, 5) is 0. The molecule has 0 saturated carbocycles. The number of benzene rings is 1. The van der Waals surface area contributed by atoms with Crippen molar-refractivity contribution in [3.63, 3.8) is 0 Å². The number of hydrogen-bond acceptors (Lipinski definition) is 2. The molecule has 0 aliphatic heterocycles. The highest BCUT2D eigenvalue weighted by Gasteiger charge is 2.32. The summed E-state index contributed by atoms with van der Waals surface area (Å²) in [6.45, 7) is 3.78. The second kappa shape index (κ2) is 5.56. The molecule has 0 aliphatic rings. The van der Waals surface area contributed by atoms with Crippen LogP contribution in [0.15, 0.2) is 18.2 Å². The topological polar surface area (TPSA) is 29.5 Å². The highest BCUT2D eigenvalue weighted by Crippen LogP contribution is 2.24. The van der Waals surface area contributed by atoms with Crippen LogP contribution in [0.3, 0.4) is 0 Å². The molecule has 1 unspecified atom stereocenters. The van der Waals surface area contributed by atoms with Crippen LogP contribution >= 0.6 is 0 Å². The summed E-state index contributed by atoms with van der Waals surface area (Å²) in [5.74, 6) is -1.35. The fourth-order valence-corrected chi connectivity index (χ4v) is 1.67. The zero-order chi connectivity index (χ0) is 13.1. The van der Waals surface area contributed by atoms with Crippen molar-refractivity contribution < 1.29 is 18.6 Å². The average Bonchev–Trinajstić information content (AvgIpc) is 2.22. The summed E-state index contributed by atoms with van der Waals surface area (Å²) in [5.41, 5.74) is -0.854. The molecule has 4 heteroatoms. The first-order valence-electron chi connectivity index (χ1n) is 5.54. The van der Waals surface area contributed by atoms with E-state index in [2.05, 4.69) is 0 Å². The molecule has 0 fully saturated rings. The minimum Gasteiger partial charge on any atom is -0.387 e. The van der Waals surface area contributed by atoms with E-state index in [1.807, 2.05) is 13.8 Å². The second-order valence-electron chi connectivity index (χ2n) is 4.60. The van der Waals surface area contributed by atoms with Crippen LogP contribution in [0.1, 0.15) is 19.4 Å². The van der Waals surface area contributed by atoms with Gasteiger partial charge in [0.1, 0.15) is 11.6 Å². The molecule has 1 N–H and O–H groups in total. The Bertz CT molecular complexity index is 380. The predicted molar refractivity (Wildman–Crippen MR) is 61.7 cm³/mol. The summed E-state index contributed by atoms with van der Waals surface area (Å²) in [6, 6.07) is 3.36. The number of hydrogen-bond donors (Lipinski definition) is 1. The van der Waals surface area contributed by atoms with Crippen molar-refractivity contribution in [1.82, 2.24) is 0 Å². The number of ether oxygens (including phenoxy) is 1. The normalized spacial score (nSPS) is 15.0. The lowest BCUT2D eigenvalue weighted by Gasteiger charge is -2.31. The van der Waals surface area contributed by atoms with Crippen molar-refractivity contribution in [3.05, 3.63) is 35.4 Å². The Morgan fingerprint density at radius 2 is 2.00 bits per heavy atom. The van der Waals surface area contributed by atoms with E-state index in [1.54, 1.807) is 0 Å². The van der Waals surface area contributed by atoms with Crippen LogP contribution in [-0.2, 0) is 11.2 Å². The molecule has 2 nitrogen and oxygen atoms in total. The monoisotopic (exact) mass is 244 g/mol. The summed E-state index contributed by atoms with van der Waals surface area (Å²) in [7, 11) is 1.48. The molecule has 1 aromatic carbocycles. The van der Waals surface area contributed by atoms with Crippen molar-refractivity contribution in [2.45, 2.75) is 25.9 Å². The molecule has 0 spiro atoms. The molecule has 0 saturated heterocycles. The lowest BCUT2D eigenvalue weighted by atomic mass is 9.85. The molecule has 0 bridgehead atoms. The molecule has 17 heavy (non-hydrogen) atoms. The minimum absolute atomic E-state index is 0.0908. The van der Waals surface area contributed by atoms with E-state index in [4.69, 9.17) is 4.74 Å². The summed E-state index contributed by atoms with van der Waals surface area (Å²) >= 11 is 0. The maximum atomic E-state index is 13.5.